The molecule has 0 fully saturated rings. The van der Waals surface area contributed by atoms with Crippen LogP contribution in [0.5, 0.6) is 0 Å². The van der Waals surface area contributed by atoms with Gasteiger partial charge in [0.25, 0.3) is 5.91 Å². The fraction of sp³-hybridized carbons (Fsp3) is 0.120. The Hall–Kier alpha value is -3.82. The van der Waals surface area contributed by atoms with Crippen molar-refractivity contribution in [2.45, 2.75) is 18.4 Å². The molecule has 0 saturated heterocycles. The summed E-state index contributed by atoms with van der Waals surface area (Å²) < 4.78 is 39.7. The van der Waals surface area contributed by atoms with E-state index in [4.69, 9.17) is 0 Å². The van der Waals surface area contributed by atoms with Crippen LogP contribution in [0.4, 0.5) is 10.1 Å². The van der Waals surface area contributed by atoms with Crippen molar-refractivity contribution < 1.29 is 22.4 Å². The van der Waals surface area contributed by atoms with Gasteiger partial charge in [-0.1, -0.05) is 37.3 Å². The molecule has 0 spiro atoms. The zero-order chi connectivity index (χ0) is 24.6. The second kappa shape index (κ2) is 11.4. The van der Waals surface area contributed by atoms with Crippen LogP contribution in [0.25, 0.3) is 6.08 Å². The van der Waals surface area contributed by atoms with Gasteiger partial charge in [0.1, 0.15) is 5.82 Å². The maximum absolute atomic E-state index is 13.3. The van der Waals surface area contributed by atoms with E-state index in [2.05, 4.69) is 15.4 Å². The zero-order valence-corrected chi connectivity index (χ0v) is 19.2. The smallest absolute Gasteiger partial charge is 0.255 e. The monoisotopic (exact) mass is 481 g/mol. The summed E-state index contributed by atoms with van der Waals surface area (Å²) in [6, 6.07) is 18.5. The van der Waals surface area contributed by atoms with E-state index in [1.165, 1.54) is 36.4 Å². The van der Waals surface area contributed by atoms with E-state index in [1.54, 1.807) is 49.4 Å². The van der Waals surface area contributed by atoms with Gasteiger partial charge in [0.05, 0.1) is 4.90 Å². The summed E-state index contributed by atoms with van der Waals surface area (Å²) in [5.74, 6) is -1.27. The average Bonchev–Trinajstić information content (AvgIpc) is 2.82. The van der Waals surface area contributed by atoms with E-state index in [0.29, 0.717) is 17.8 Å². The number of sulfonamides is 1. The van der Waals surface area contributed by atoms with Crippen molar-refractivity contribution in [1.29, 1.82) is 0 Å². The minimum absolute atomic E-state index is 0.153. The number of halogens is 1. The molecule has 0 aliphatic carbocycles. The predicted molar refractivity (Wildman–Crippen MR) is 129 cm³/mol. The lowest BCUT2D eigenvalue weighted by Gasteiger charge is -2.08. The summed E-state index contributed by atoms with van der Waals surface area (Å²) in [4.78, 5) is 24.6. The Bertz CT molecular complexity index is 1310. The summed E-state index contributed by atoms with van der Waals surface area (Å²) in [5.41, 5.74) is 2.16. The molecule has 3 aromatic carbocycles. The third kappa shape index (κ3) is 7.09. The second-order valence-electron chi connectivity index (χ2n) is 7.29. The molecule has 3 aromatic rings. The van der Waals surface area contributed by atoms with Crippen molar-refractivity contribution in [2.75, 3.05) is 11.9 Å². The molecule has 0 radical (unpaired) electrons. The van der Waals surface area contributed by atoms with Crippen LogP contribution in [0.2, 0.25) is 0 Å². The van der Waals surface area contributed by atoms with Crippen molar-refractivity contribution in [3.63, 3.8) is 0 Å². The number of rotatable bonds is 9. The lowest BCUT2D eigenvalue weighted by molar-refractivity contribution is -0.116. The second-order valence-corrected chi connectivity index (χ2v) is 9.05. The highest BCUT2D eigenvalue weighted by Gasteiger charge is 2.11. The first kappa shape index (κ1) is 24.8. The molecule has 0 atom stereocenters. The van der Waals surface area contributed by atoms with Crippen LogP contribution in [-0.2, 0) is 21.4 Å². The number of amides is 2. The molecule has 0 saturated carbocycles. The molecule has 0 aliphatic heterocycles. The Balaban J connectivity index is 1.55. The predicted octanol–water partition coefficient (Wildman–Crippen LogP) is 3.71. The molecule has 3 N–H and O–H groups in total. The Labute approximate surface area is 197 Å². The van der Waals surface area contributed by atoms with Crippen LogP contribution in [0.3, 0.4) is 0 Å². The SMILES string of the molecule is CCNS(=O)(=O)c1ccc(C=CC(=O)NCc2cccc(NC(=O)c3cccc(F)c3)c2)cc1. The summed E-state index contributed by atoms with van der Waals surface area (Å²) in [5, 5.41) is 5.45. The van der Waals surface area contributed by atoms with Crippen LogP contribution in [0.15, 0.2) is 83.8 Å². The van der Waals surface area contributed by atoms with E-state index in [1.807, 2.05) is 0 Å². The van der Waals surface area contributed by atoms with Gasteiger partial charge in [-0.2, -0.15) is 0 Å². The summed E-state index contributed by atoms with van der Waals surface area (Å²) >= 11 is 0. The van der Waals surface area contributed by atoms with Crippen LogP contribution in [0.1, 0.15) is 28.4 Å². The standard InChI is InChI=1S/C25H24FN3O4S/c1-2-28-34(32,33)23-12-9-18(10-13-23)11-14-24(30)27-17-19-5-3-8-22(15-19)29-25(31)20-6-4-7-21(26)16-20/h3-16,28H,2,17H2,1H3,(H,27,30)(H,29,31). The van der Waals surface area contributed by atoms with E-state index in [0.717, 1.165) is 11.6 Å². The number of benzene rings is 3. The zero-order valence-electron chi connectivity index (χ0n) is 18.4. The minimum atomic E-state index is -3.52. The van der Waals surface area contributed by atoms with Crippen molar-refractivity contribution in [3.8, 4) is 0 Å². The lowest BCUT2D eigenvalue weighted by atomic mass is 10.1. The van der Waals surface area contributed by atoms with Gasteiger partial charge in [0.15, 0.2) is 0 Å². The Morgan fingerprint density at radius 1 is 0.971 bits per heavy atom. The van der Waals surface area contributed by atoms with Crippen molar-refractivity contribution in [2.24, 2.45) is 0 Å². The molecule has 9 heteroatoms. The highest BCUT2D eigenvalue weighted by Crippen LogP contribution is 2.14. The summed E-state index contributed by atoms with van der Waals surface area (Å²) in [6.07, 6.45) is 2.93. The first-order valence-electron chi connectivity index (χ1n) is 10.5. The van der Waals surface area contributed by atoms with Gasteiger partial charge in [-0.3, -0.25) is 9.59 Å². The highest BCUT2D eigenvalue weighted by atomic mass is 32.2. The van der Waals surface area contributed by atoms with E-state index in [9.17, 15) is 22.4 Å². The number of anilines is 1. The number of carbonyl (C=O) groups is 2. The highest BCUT2D eigenvalue weighted by molar-refractivity contribution is 7.89. The topological polar surface area (TPSA) is 104 Å². The van der Waals surface area contributed by atoms with E-state index in [-0.39, 0.29) is 22.9 Å². The van der Waals surface area contributed by atoms with Gasteiger partial charge in [0.2, 0.25) is 15.9 Å². The summed E-state index contributed by atoms with van der Waals surface area (Å²) in [6.45, 7) is 2.23. The number of nitrogens with one attached hydrogen (secondary N) is 3. The largest absolute Gasteiger partial charge is 0.348 e. The molecule has 176 valence electrons. The molecule has 0 aliphatic rings. The first-order valence-corrected chi connectivity index (χ1v) is 12.0. The van der Waals surface area contributed by atoms with Gasteiger partial charge < -0.3 is 10.6 Å². The molecule has 0 heterocycles. The Kier molecular flexibility index (Phi) is 8.29. The maximum Gasteiger partial charge on any atom is 0.255 e. The normalized spacial score (nSPS) is 11.4. The molecule has 34 heavy (non-hydrogen) atoms. The van der Waals surface area contributed by atoms with Crippen LogP contribution in [-0.4, -0.2) is 26.8 Å². The molecule has 0 aromatic heterocycles. The first-order chi connectivity index (χ1) is 16.3. The van der Waals surface area contributed by atoms with Gasteiger partial charge in [-0.05, 0) is 59.7 Å². The molecule has 3 rings (SSSR count). The third-order valence-electron chi connectivity index (χ3n) is 4.69. The van der Waals surface area contributed by atoms with Crippen LogP contribution < -0.4 is 15.4 Å². The molecular weight excluding hydrogens is 457 g/mol. The fourth-order valence-electron chi connectivity index (χ4n) is 3.04. The van der Waals surface area contributed by atoms with Crippen molar-refractivity contribution in [1.82, 2.24) is 10.0 Å². The van der Waals surface area contributed by atoms with E-state index >= 15 is 0 Å². The van der Waals surface area contributed by atoms with Gasteiger partial charge in [-0.15, -0.1) is 0 Å². The lowest BCUT2D eigenvalue weighted by Crippen LogP contribution is -2.23. The van der Waals surface area contributed by atoms with Crippen molar-refractivity contribution in [3.05, 3.63) is 101 Å². The summed E-state index contributed by atoms with van der Waals surface area (Å²) in [7, 11) is -3.52. The van der Waals surface area contributed by atoms with Gasteiger partial charge in [-0.25, -0.2) is 17.5 Å². The Morgan fingerprint density at radius 3 is 2.41 bits per heavy atom. The number of carbonyl (C=O) groups excluding carboxylic acids is 2. The molecule has 0 bridgehead atoms. The molecule has 0 unspecified atom stereocenters. The minimum Gasteiger partial charge on any atom is -0.348 e. The van der Waals surface area contributed by atoms with Crippen LogP contribution in [0, 0.1) is 5.82 Å². The fourth-order valence-corrected chi connectivity index (χ4v) is 4.08. The van der Waals surface area contributed by atoms with Gasteiger partial charge in [0, 0.05) is 30.4 Å². The Morgan fingerprint density at radius 2 is 1.71 bits per heavy atom. The molecule has 2 amide bonds. The maximum atomic E-state index is 13.3. The average molecular weight is 482 g/mol. The molecular formula is C25H24FN3O4S. The van der Waals surface area contributed by atoms with Gasteiger partial charge >= 0.3 is 0 Å². The molecule has 7 nitrogen and oxygen atoms in total. The van der Waals surface area contributed by atoms with E-state index < -0.39 is 21.7 Å². The quantitative estimate of drug-likeness (QED) is 0.405. The third-order valence-corrected chi connectivity index (χ3v) is 6.25. The number of hydrogen-bond donors (Lipinski definition) is 3. The van der Waals surface area contributed by atoms with Crippen LogP contribution >= 0.6 is 0 Å². The van der Waals surface area contributed by atoms with Crippen molar-refractivity contribution >= 4 is 33.6 Å². The number of hydrogen-bond acceptors (Lipinski definition) is 4.